The number of anilines is 1. The fourth-order valence-electron chi connectivity index (χ4n) is 3.15. The smallest absolute Gasteiger partial charge is 0.387 e. The third-order valence-corrected chi connectivity index (χ3v) is 4.46. The Morgan fingerprint density at radius 3 is 2.74 bits per heavy atom. The van der Waals surface area contributed by atoms with Gasteiger partial charge in [-0.2, -0.15) is 8.78 Å². The molecule has 6 nitrogen and oxygen atoms in total. The summed E-state index contributed by atoms with van der Waals surface area (Å²) >= 11 is 0. The van der Waals surface area contributed by atoms with Gasteiger partial charge >= 0.3 is 6.61 Å². The van der Waals surface area contributed by atoms with E-state index in [0.717, 1.165) is 35.8 Å². The van der Waals surface area contributed by atoms with Gasteiger partial charge in [0, 0.05) is 41.9 Å². The Labute approximate surface area is 154 Å². The van der Waals surface area contributed by atoms with E-state index in [1.165, 1.54) is 12.1 Å². The molecule has 0 bridgehead atoms. The van der Waals surface area contributed by atoms with Gasteiger partial charge in [0.25, 0.3) is 0 Å². The first-order valence-electron chi connectivity index (χ1n) is 8.72. The Balaban J connectivity index is 1.63. The standard InChI is InChI=1S/C19H18F2N4O2/c20-19(21)27-13-5-3-12(4-6-13)17-15-7-8-22-11-16(15)18(25-24-17)23-10-14-2-1-9-26-14/h3-8,11,14,19H,1-2,9-10H2,(H,23,25). The van der Waals surface area contributed by atoms with Gasteiger partial charge in [0.05, 0.1) is 6.10 Å². The third kappa shape index (κ3) is 3.95. The number of pyridine rings is 1. The van der Waals surface area contributed by atoms with Crippen molar-refractivity contribution in [1.82, 2.24) is 15.2 Å². The minimum Gasteiger partial charge on any atom is -0.435 e. The summed E-state index contributed by atoms with van der Waals surface area (Å²) in [7, 11) is 0. The van der Waals surface area contributed by atoms with E-state index in [0.29, 0.717) is 18.1 Å². The number of nitrogens with one attached hydrogen (secondary N) is 1. The average molecular weight is 372 g/mol. The van der Waals surface area contributed by atoms with E-state index >= 15 is 0 Å². The first-order chi connectivity index (χ1) is 13.2. The van der Waals surface area contributed by atoms with Crippen LogP contribution in [0.4, 0.5) is 14.6 Å². The SMILES string of the molecule is FC(F)Oc1ccc(-c2nnc(NCC3CCCO3)c3cnccc23)cc1. The minimum atomic E-state index is -2.85. The van der Waals surface area contributed by atoms with Gasteiger partial charge in [0.1, 0.15) is 11.4 Å². The Morgan fingerprint density at radius 1 is 1.15 bits per heavy atom. The van der Waals surface area contributed by atoms with Gasteiger partial charge in [0.15, 0.2) is 5.82 Å². The Bertz CT molecular complexity index is 915. The Kier molecular flexibility index (Phi) is 5.06. The quantitative estimate of drug-likeness (QED) is 0.708. The summed E-state index contributed by atoms with van der Waals surface area (Å²) in [6.07, 6.45) is 5.71. The topological polar surface area (TPSA) is 69.2 Å². The lowest BCUT2D eigenvalue weighted by Gasteiger charge is -2.14. The van der Waals surface area contributed by atoms with Crippen LogP contribution in [0, 0.1) is 0 Å². The fourth-order valence-corrected chi connectivity index (χ4v) is 3.15. The second-order valence-corrected chi connectivity index (χ2v) is 6.24. The highest BCUT2D eigenvalue weighted by Gasteiger charge is 2.17. The Morgan fingerprint density at radius 2 is 2.00 bits per heavy atom. The lowest BCUT2D eigenvalue weighted by atomic mass is 10.1. The summed E-state index contributed by atoms with van der Waals surface area (Å²) in [5, 5.41) is 13.7. The van der Waals surface area contributed by atoms with Gasteiger partial charge in [0.2, 0.25) is 0 Å². The molecule has 2 aromatic heterocycles. The molecule has 1 unspecified atom stereocenters. The van der Waals surface area contributed by atoms with E-state index in [2.05, 4.69) is 25.2 Å². The predicted octanol–water partition coefficient (Wildman–Crippen LogP) is 3.88. The predicted molar refractivity (Wildman–Crippen MR) is 96.9 cm³/mol. The molecule has 1 atom stereocenters. The summed E-state index contributed by atoms with van der Waals surface area (Å²) in [6.45, 7) is -1.39. The van der Waals surface area contributed by atoms with Gasteiger partial charge in [-0.3, -0.25) is 4.98 Å². The average Bonchev–Trinajstić information content (AvgIpc) is 3.20. The van der Waals surface area contributed by atoms with Crippen LogP contribution in [0.15, 0.2) is 42.7 Å². The van der Waals surface area contributed by atoms with E-state index in [1.807, 2.05) is 6.07 Å². The van der Waals surface area contributed by atoms with E-state index in [1.54, 1.807) is 24.5 Å². The molecule has 3 aromatic rings. The van der Waals surface area contributed by atoms with Crippen molar-refractivity contribution in [2.45, 2.75) is 25.6 Å². The molecule has 0 amide bonds. The summed E-state index contributed by atoms with van der Waals surface area (Å²) in [6, 6.07) is 8.20. The number of alkyl halides is 2. The Hall–Kier alpha value is -2.87. The van der Waals surface area contributed by atoms with Crippen LogP contribution in [-0.4, -0.2) is 41.0 Å². The second-order valence-electron chi connectivity index (χ2n) is 6.24. The van der Waals surface area contributed by atoms with Crippen molar-refractivity contribution >= 4 is 16.6 Å². The number of nitrogens with zero attached hydrogens (tertiary/aromatic N) is 3. The number of ether oxygens (including phenoxy) is 2. The molecular formula is C19H18F2N4O2. The maximum atomic E-state index is 12.3. The van der Waals surface area contributed by atoms with Gasteiger partial charge in [-0.15, -0.1) is 10.2 Å². The molecule has 1 aliphatic heterocycles. The number of hydrogen-bond acceptors (Lipinski definition) is 6. The van der Waals surface area contributed by atoms with Crippen LogP contribution in [0.2, 0.25) is 0 Å². The van der Waals surface area contributed by atoms with E-state index in [9.17, 15) is 8.78 Å². The number of aromatic nitrogens is 3. The zero-order valence-electron chi connectivity index (χ0n) is 14.4. The lowest BCUT2D eigenvalue weighted by molar-refractivity contribution is -0.0498. The fraction of sp³-hybridized carbons (Fsp3) is 0.316. The zero-order valence-corrected chi connectivity index (χ0v) is 14.4. The summed E-state index contributed by atoms with van der Waals surface area (Å²) in [5.74, 6) is 0.748. The van der Waals surface area contributed by atoms with Crippen LogP contribution in [0.3, 0.4) is 0 Å². The maximum Gasteiger partial charge on any atom is 0.387 e. The molecule has 1 fully saturated rings. The number of hydrogen-bond donors (Lipinski definition) is 1. The molecule has 140 valence electrons. The first-order valence-corrected chi connectivity index (χ1v) is 8.72. The van der Waals surface area contributed by atoms with Crippen LogP contribution in [0.25, 0.3) is 22.0 Å². The van der Waals surface area contributed by atoms with Gasteiger partial charge in [-0.25, -0.2) is 0 Å². The third-order valence-electron chi connectivity index (χ3n) is 4.46. The van der Waals surface area contributed by atoms with Crippen LogP contribution in [0.5, 0.6) is 5.75 Å². The van der Waals surface area contributed by atoms with Gasteiger partial charge in [-0.05, 0) is 43.2 Å². The second kappa shape index (κ2) is 7.79. The number of fused-ring (bicyclic) bond motifs is 1. The molecule has 3 heterocycles. The normalized spacial score (nSPS) is 16.8. The summed E-state index contributed by atoms with van der Waals surface area (Å²) in [4.78, 5) is 4.19. The van der Waals surface area contributed by atoms with Crippen molar-refractivity contribution in [3.05, 3.63) is 42.7 Å². The van der Waals surface area contributed by atoms with Crippen molar-refractivity contribution in [3.8, 4) is 17.0 Å². The zero-order chi connectivity index (χ0) is 18.6. The van der Waals surface area contributed by atoms with Crippen molar-refractivity contribution < 1.29 is 18.3 Å². The van der Waals surface area contributed by atoms with Crippen LogP contribution < -0.4 is 10.1 Å². The van der Waals surface area contributed by atoms with Crippen molar-refractivity contribution in [1.29, 1.82) is 0 Å². The van der Waals surface area contributed by atoms with Crippen LogP contribution in [0.1, 0.15) is 12.8 Å². The highest BCUT2D eigenvalue weighted by Crippen LogP contribution is 2.30. The van der Waals surface area contributed by atoms with Gasteiger partial charge in [-0.1, -0.05) is 0 Å². The number of halogens is 2. The van der Waals surface area contributed by atoms with Crippen LogP contribution >= 0.6 is 0 Å². The monoisotopic (exact) mass is 372 g/mol. The van der Waals surface area contributed by atoms with Crippen molar-refractivity contribution in [3.63, 3.8) is 0 Å². The van der Waals surface area contributed by atoms with Crippen molar-refractivity contribution in [2.24, 2.45) is 0 Å². The number of benzene rings is 1. The largest absolute Gasteiger partial charge is 0.435 e. The number of rotatable bonds is 6. The highest BCUT2D eigenvalue weighted by atomic mass is 19.3. The molecule has 1 aliphatic rings. The molecule has 1 saturated heterocycles. The molecule has 1 N–H and O–H groups in total. The molecular weight excluding hydrogens is 354 g/mol. The van der Waals surface area contributed by atoms with Gasteiger partial charge < -0.3 is 14.8 Å². The molecule has 0 radical (unpaired) electrons. The maximum absolute atomic E-state index is 12.3. The van der Waals surface area contributed by atoms with E-state index in [-0.39, 0.29) is 11.9 Å². The molecule has 27 heavy (non-hydrogen) atoms. The molecule has 0 spiro atoms. The first kappa shape index (κ1) is 17.5. The molecule has 1 aromatic carbocycles. The minimum absolute atomic E-state index is 0.0996. The van der Waals surface area contributed by atoms with Crippen molar-refractivity contribution in [2.75, 3.05) is 18.5 Å². The molecule has 0 saturated carbocycles. The summed E-state index contributed by atoms with van der Waals surface area (Å²) < 4.78 is 34.6. The molecule has 4 rings (SSSR count). The summed E-state index contributed by atoms with van der Waals surface area (Å²) in [5.41, 5.74) is 1.41. The lowest BCUT2D eigenvalue weighted by Crippen LogP contribution is -2.19. The molecule has 0 aliphatic carbocycles. The van der Waals surface area contributed by atoms with E-state index < -0.39 is 6.61 Å². The van der Waals surface area contributed by atoms with E-state index in [4.69, 9.17) is 4.74 Å². The molecule has 8 heteroatoms. The van der Waals surface area contributed by atoms with Crippen LogP contribution in [-0.2, 0) is 4.74 Å². The highest BCUT2D eigenvalue weighted by molar-refractivity contribution is 5.99.